The molecule has 0 radical (unpaired) electrons. The number of nitrogens with zero attached hydrogens (tertiary/aromatic N) is 1. The summed E-state index contributed by atoms with van der Waals surface area (Å²) in [6.07, 6.45) is 2.31. The molecule has 0 aromatic heterocycles. The molecule has 27 heavy (non-hydrogen) atoms. The fraction of sp³-hybridized carbons (Fsp3) is 0.619. The number of para-hydroxylation sites is 2. The highest BCUT2D eigenvalue weighted by molar-refractivity contribution is 5.83. The third-order valence-electron chi connectivity index (χ3n) is 5.84. The van der Waals surface area contributed by atoms with Gasteiger partial charge >= 0.3 is 5.97 Å². The second-order valence-electron chi connectivity index (χ2n) is 9.21. The Kier molecular flexibility index (Phi) is 4.32. The van der Waals surface area contributed by atoms with E-state index in [1.807, 2.05) is 17.0 Å². The van der Waals surface area contributed by atoms with Gasteiger partial charge in [-0.3, -0.25) is 4.79 Å². The number of ether oxygens (including phenoxy) is 3. The molecule has 0 spiro atoms. The van der Waals surface area contributed by atoms with Crippen molar-refractivity contribution in [2.24, 2.45) is 10.8 Å². The van der Waals surface area contributed by atoms with Crippen LogP contribution in [-0.2, 0) is 14.3 Å². The number of fused-ring (bicyclic) bond motifs is 3. The highest BCUT2D eigenvalue weighted by Crippen LogP contribution is 2.52. The summed E-state index contributed by atoms with van der Waals surface area (Å²) in [6, 6.07) is 7.42. The van der Waals surface area contributed by atoms with Crippen molar-refractivity contribution in [2.45, 2.75) is 52.2 Å². The Labute approximate surface area is 159 Å². The van der Waals surface area contributed by atoms with Gasteiger partial charge in [0.25, 0.3) is 5.91 Å². The van der Waals surface area contributed by atoms with E-state index >= 15 is 0 Å². The predicted octanol–water partition coefficient (Wildman–Crippen LogP) is 2.80. The Balaban J connectivity index is 1.33. The summed E-state index contributed by atoms with van der Waals surface area (Å²) in [5.74, 6) is 0.441. The van der Waals surface area contributed by atoms with Gasteiger partial charge in [-0.1, -0.05) is 32.9 Å². The summed E-state index contributed by atoms with van der Waals surface area (Å²) in [7, 11) is 0. The first-order valence-corrected chi connectivity index (χ1v) is 9.59. The van der Waals surface area contributed by atoms with Crippen LogP contribution in [0.25, 0.3) is 0 Å². The van der Waals surface area contributed by atoms with Gasteiger partial charge in [0.1, 0.15) is 6.61 Å². The largest absolute Gasteiger partial charge is 0.485 e. The monoisotopic (exact) mass is 373 g/mol. The van der Waals surface area contributed by atoms with Crippen molar-refractivity contribution < 1.29 is 23.8 Å². The van der Waals surface area contributed by atoms with Crippen LogP contribution in [-0.4, -0.2) is 48.7 Å². The lowest BCUT2D eigenvalue weighted by molar-refractivity contribution is -0.160. The zero-order chi connectivity index (χ0) is 19.2. The number of hydrogen-bond acceptors (Lipinski definition) is 5. The van der Waals surface area contributed by atoms with E-state index in [0.29, 0.717) is 11.5 Å². The van der Waals surface area contributed by atoms with Gasteiger partial charge in [-0.15, -0.1) is 0 Å². The van der Waals surface area contributed by atoms with Crippen LogP contribution in [0, 0.1) is 10.8 Å². The molecule has 1 amide bonds. The van der Waals surface area contributed by atoms with E-state index in [1.165, 1.54) is 0 Å². The minimum atomic E-state index is -0.845. The van der Waals surface area contributed by atoms with E-state index in [0.717, 1.165) is 25.8 Å². The highest BCUT2D eigenvalue weighted by atomic mass is 16.6. The number of benzene rings is 1. The molecule has 1 saturated carbocycles. The number of carbonyl (C=O) groups excluding carboxylic acids is 2. The molecular weight excluding hydrogens is 346 g/mol. The summed E-state index contributed by atoms with van der Waals surface area (Å²) in [6.45, 7) is 7.38. The smallest absolute Gasteiger partial charge is 0.351 e. The van der Waals surface area contributed by atoms with Crippen LogP contribution in [0.15, 0.2) is 24.3 Å². The van der Waals surface area contributed by atoms with Gasteiger partial charge in [0.05, 0.1) is 0 Å². The van der Waals surface area contributed by atoms with Crippen LogP contribution in [0.3, 0.4) is 0 Å². The molecule has 2 bridgehead atoms. The SMILES string of the molecule is CC1(C)CC2CC(C)(CN2C(=O)COC(=O)C2COc3ccccc3O2)C1. The average Bonchev–Trinajstić information content (AvgIpc) is 2.87. The molecule has 0 N–H and O–H groups in total. The molecule has 3 unspecified atom stereocenters. The summed E-state index contributed by atoms with van der Waals surface area (Å²) in [4.78, 5) is 26.9. The minimum Gasteiger partial charge on any atom is -0.485 e. The van der Waals surface area contributed by atoms with Crippen LogP contribution in [0.1, 0.15) is 40.0 Å². The molecule has 1 aromatic carbocycles. The first kappa shape index (κ1) is 18.1. The second-order valence-corrected chi connectivity index (χ2v) is 9.21. The van der Waals surface area contributed by atoms with Gasteiger partial charge in [0, 0.05) is 12.6 Å². The molecule has 6 heteroatoms. The summed E-state index contributed by atoms with van der Waals surface area (Å²) < 4.78 is 16.4. The van der Waals surface area contributed by atoms with Crippen molar-refractivity contribution >= 4 is 11.9 Å². The molecule has 3 aliphatic rings. The van der Waals surface area contributed by atoms with E-state index in [-0.39, 0.29) is 36.0 Å². The maximum absolute atomic E-state index is 12.7. The normalized spacial score (nSPS) is 30.7. The Morgan fingerprint density at radius 1 is 1.19 bits per heavy atom. The van der Waals surface area contributed by atoms with E-state index in [9.17, 15) is 9.59 Å². The highest BCUT2D eigenvalue weighted by Gasteiger charge is 2.51. The lowest BCUT2D eigenvalue weighted by Crippen LogP contribution is -2.42. The topological polar surface area (TPSA) is 65.1 Å². The van der Waals surface area contributed by atoms with Crippen LogP contribution >= 0.6 is 0 Å². The third-order valence-corrected chi connectivity index (χ3v) is 5.84. The molecule has 2 heterocycles. The maximum atomic E-state index is 12.7. The second kappa shape index (κ2) is 6.43. The van der Waals surface area contributed by atoms with Gasteiger partial charge < -0.3 is 19.1 Å². The van der Waals surface area contributed by atoms with Crippen molar-refractivity contribution in [1.82, 2.24) is 4.90 Å². The van der Waals surface area contributed by atoms with Crippen molar-refractivity contribution in [3.8, 4) is 11.5 Å². The standard InChI is InChI=1S/C21H27NO5/c1-20(2)8-14-9-21(3,12-20)13-22(14)18(23)11-26-19(24)17-10-25-15-6-4-5-7-16(15)27-17/h4-7,14,17H,8-13H2,1-3H3. The number of amides is 1. The Morgan fingerprint density at radius 3 is 2.70 bits per heavy atom. The molecule has 2 aliphatic heterocycles. The van der Waals surface area contributed by atoms with Crippen LogP contribution in [0.2, 0.25) is 0 Å². The summed E-state index contributed by atoms with van der Waals surface area (Å²) >= 11 is 0. The minimum absolute atomic E-state index is 0.0859. The molecule has 146 valence electrons. The Hall–Kier alpha value is -2.24. The number of esters is 1. The van der Waals surface area contributed by atoms with E-state index in [4.69, 9.17) is 14.2 Å². The van der Waals surface area contributed by atoms with Crippen molar-refractivity contribution in [1.29, 1.82) is 0 Å². The van der Waals surface area contributed by atoms with Gasteiger partial charge in [-0.05, 0) is 42.2 Å². The lowest BCUT2D eigenvalue weighted by atomic mass is 9.65. The van der Waals surface area contributed by atoms with E-state index in [2.05, 4.69) is 20.8 Å². The van der Waals surface area contributed by atoms with Crippen molar-refractivity contribution in [2.75, 3.05) is 19.8 Å². The zero-order valence-electron chi connectivity index (χ0n) is 16.2. The zero-order valence-corrected chi connectivity index (χ0v) is 16.2. The molecule has 1 aliphatic carbocycles. The predicted molar refractivity (Wildman–Crippen MR) is 98.6 cm³/mol. The van der Waals surface area contributed by atoms with Gasteiger partial charge in [0.2, 0.25) is 6.10 Å². The fourth-order valence-corrected chi connectivity index (χ4v) is 5.20. The van der Waals surface area contributed by atoms with Gasteiger partial charge in [-0.2, -0.15) is 0 Å². The van der Waals surface area contributed by atoms with Crippen molar-refractivity contribution in [3.05, 3.63) is 24.3 Å². The fourth-order valence-electron chi connectivity index (χ4n) is 5.20. The summed E-state index contributed by atoms with van der Waals surface area (Å²) in [5.41, 5.74) is 0.403. The third kappa shape index (κ3) is 3.62. The average molecular weight is 373 g/mol. The van der Waals surface area contributed by atoms with Crippen LogP contribution in [0.5, 0.6) is 11.5 Å². The number of carbonyl (C=O) groups is 2. The van der Waals surface area contributed by atoms with Crippen LogP contribution < -0.4 is 9.47 Å². The Morgan fingerprint density at radius 2 is 1.93 bits per heavy atom. The lowest BCUT2D eigenvalue weighted by Gasteiger charge is -2.39. The van der Waals surface area contributed by atoms with Crippen molar-refractivity contribution in [3.63, 3.8) is 0 Å². The molecular formula is C21H27NO5. The molecule has 1 saturated heterocycles. The van der Waals surface area contributed by atoms with Gasteiger partial charge in [-0.25, -0.2) is 4.79 Å². The van der Waals surface area contributed by atoms with E-state index < -0.39 is 12.1 Å². The van der Waals surface area contributed by atoms with Gasteiger partial charge in [0.15, 0.2) is 18.1 Å². The van der Waals surface area contributed by atoms with E-state index in [1.54, 1.807) is 12.1 Å². The molecule has 6 nitrogen and oxygen atoms in total. The molecule has 1 aromatic rings. The Bertz CT molecular complexity index is 761. The number of hydrogen-bond donors (Lipinski definition) is 0. The number of rotatable bonds is 3. The maximum Gasteiger partial charge on any atom is 0.351 e. The summed E-state index contributed by atoms with van der Waals surface area (Å²) in [5, 5.41) is 0. The quantitative estimate of drug-likeness (QED) is 0.763. The molecule has 3 atom stereocenters. The van der Waals surface area contributed by atoms with Crippen LogP contribution in [0.4, 0.5) is 0 Å². The molecule has 4 rings (SSSR count). The molecule has 2 fully saturated rings. The first-order valence-electron chi connectivity index (χ1n) is 9.59. The first-order chi connectivity index (χ1) is 12.7. The number of likely N-dealkylation sites (tertiary alicyclic amines) is 1.